The Morgan fingerprint density at radius 1 is 0.385 bits per heavy atom. The summed E-state index contributed by atoms with van der Waals surface area (Å²) in [7, 11) is -3.83. The summed E-state index contributed by atoms with van der Waals surface area (Å²) in [5.41, 5.74) is 10.0. The van der Waals surface area contributed by atoms with Gasteiger partial charge in [0.15, 0.2) is 0 Å². The van der Waals surface area contributed by atoms with Crippen molar-refractivity contribution >= 4 is 62.4 Å². The minimum absolute atomic E-state index is 0.911. The quantitative estimate of drug-likeness (QED) is 0.176. The molecule has 244 valence electrons. The Labute approximate surface area is 304 Å². The summed E-state index contributed by atoms with van der Waals surface area (Å²) >= 11 is 1.87. The van der Waals surface area contributed by atoms with E-state index in [0.29, 0.717) is 0 Å². The van der Waals surface area contributed by atoms with Gasteiger partial charge in [-0.2, -0.15) is 0 Å². The van der Waals surface area contributed by atoms with E-state index in [0.717, 1.165) is 58.7 Å². The predicted molar refractivity (Wildman–Crippen MR) is 218 cm³/mol. The van der Waals surface area contributed by atoms with Crippen LogP contribution in [0.4, 0.5) is 0 Å². The molecule has 2 aliphatic rings. The molecule has 8 aromatic carbocycles. The molecule has 0 amide bonds. The zero-order chi connectivity index (χ0) is 34.2. The molecule has 0 radical (unpaired) electrons. The number of hydrogen-bond acceptors (Lipinski definition) is 2. The van der Waals surface area contributed by atoms with E-state index >= 15 is 4.21 Å². The van der Waals surface area contributed by atoms with Gasteiger partial charge in [-0.05, 0) is 100 Å². The van der Waals surface area contributed by atoms with Gasteiger partial charge in [-0.3, -0.25) is 4.21 Å². The summed E-state index contributed by atoms with van der Waals surface area (Å²) in [6.45, 7) is 0. The van der Waals surface area contributed by atoms with Crippen LogP contribution in [0.3, 0.4) is 0 Å². The topological polar surface area (TPSA) is 22.0 Å². The predicted octanol–water partition coefficient (Wildman–Crippen LogP) is 13.1. The van der Waals surface area contributed by atoms with Crippen molar-refractivity contribution < 1.29 is 4.21 Å². The summed E-state index contributed by atoms with van der Waals surface area (Å²) in [5.74, 6) is 0. The van der Waals surface area contributed by atoms with E-state index in [1.165, 1.54) is 42.0 Å². The minimum Gasteiger partial charge on any atom is -0.309 e. The molecule has 0 saturated heterocycles. The van der Waals surface area contributed by atoms with E-state index in [9.17, 15) is 0 Å². The zero-order valence-corrected chi connectivity index (χ0v) is 29.5. The first-order valence-electron chi connectivity index (χ1n) is 17.7. The van der Waals surface area contributed by atoms with Gasteiger partial charge in [0.2, 0.25) is 0 Å². The lowest BCUT2D eigenvalue weighted by molar-refractivity contribution is 0.658. The van der Waals surface area contributed by atoms with Crippen LogP contribution < -0.4 is 0 Å². The third kappa shape index (κ3) is 3.33. The van der Waals surface area contributed by atoms with Crippen molar-refractivity contribution in [1.29, 1.82) is 0 Å². The van der Waals surface area contributed by atoms with Crippen molar-refractivity contribution in [3.05, 3.63) is 176 Å². The van der Waals surface area contributed by atoms with Crippen LogP contribution in [0.1, 0.15) is 0 Å². The molecule has 0 saturated carbocycles. The fourth-order valence-corrected chi connectivity index (χ4v) is 15.6. The number of thiophene rings is 1. The van der Waals surface area contributed by atoms with Crippen LogP contribution in [-0.4, -0.2) is 8.78 Å². The van der Waals surface area contributed by atoms with Crippen LogP contribution in [0.2, 0.25) is 0 Å². The number of aromatic nitrogens is 1. The van der Waals surface area contributed by atoms with Gasteiger partial charge in [-0.25, -0.2) is 0 Å². The molecular formula is C48H29NOS2. The summed E-state index contributed by atoms with van der Waals surface area (Å²) < 4.78 is 21.7. The van der Waals surface area contributed by atoms with Crippen molar-refractivity contribution in [3.63, 3.8) is 0 Å². The van der Waals surface area contributed by atoms with Crippen LogP contribution in [0.15, 0.2) is 196 Å². The van der Waals surface area contributed by atoms with Crippen LogP contribution in [0.5, 0.6) is 0 Å². The highest BCUT2D eigenvalue weighted by Gasteiger charge is 2.57. The second kappa shape index (κ2) is 9.83. The second-order valence-electron chi connectivity index (χ2n) is 14.0. The Hall–Kier alpha value is -6.07. The monoisotopic (exact) mass is 699 g/mol. The maximum absolute atomic E-state index is 16.6. The number of hydrogen-bond donors (Lipinski definition) is 0. The summed E-state index contributed by atoms with van der Waals surface area (Å²) in [6, 6.07) is 62.7. The van der Waals surface area contributed by atoms with Gasteiger partial charge in [-0.1, -0.05) is 109 Å². The van der Waals surface area contributed by atoms with Crippen molar-refractivity contribution in [3.8, 4) is 39.1 Å². The first-order chi connectivity index (χ1) is 25.6. The lowest BCUT2D eigenvalue weighted by Gasteiger charge is -2.38. The van der Waals surface area contributed by atoms with Gasteiger partial charge in [-0.15, -0.1) is 11.3 Å². The highest BCUT2D eigenvalue weighted by Crippen LogP contribution is 2.71. The van der Waals surface area contributed by atoms with Gasteiger partial charge in [0.1, 0.15) is 0 Å². The van der Waals surface area contributed by atoms with Crippen molar-refractivity contribution in [2.75, 3.05) is 0 Å². The Morgan fingerprint density at radius 3 is 1.65 bits per heavy atom. The van der Waals surface area contributed by atoms with Gasteiger partial charge in [0.05, 0.1) is 11.0 Å². The Balaban J connectivity index is 1.04. The molecule has 12 rings (SSSR count). The number of benzene rings is 8. The first-order valence-corrected chi connectivity index (χ1v) is 20.4. The smallest absolute Gasteiger partial charge is 0.0548 e. The Kier molecular flexibility index (Phi) is 5.41. The number of rotatable bonds is 2. The summed E-state index contributed by atoms with van der Waals surface area (Å²) in [6.07, 6.45) is 0. The third-order valence-electron chi connectivity index (χ3n) is 11.5. The highest BCUT2D eigenvalue weighted by atomic mass is 32.3. The fourth-order valence-electron chi connectivity index (χ4n) is 9.32. The van der Waals surface area contributed by atoms with Crippen LogP contribution >= 0.6 is 11.3 Å². The van der Waals surface area contributed by atoms with Crippen LogP contribution in [-0.2, 0) is 9.07 Å². The van der Waals surface area contributed by atoms with Crippen molar-refractivity contribution in [2.45, 2.75) is 19.6 Å². The molecule has 2 aromatic heterocycles. The molecule has 4 heteroatoms. The molecule has 0 aliphatic carbocycles. The van der Waals surface area contributed by atoms with Crippen molar-refractivity contribution in [1.82, 2.24) is 4.57 Å². The average molecular weight is 700 g/mol. The third-order valence-corrected chi connectivity index (χ3v) is 17.4. The van der Waals surface area contributed by atoms with Gasteiger partial charge < -0.3 is 4.57 Å². The lowest BCUT2D eigenvalue weighted by atomic mass is 9.99. The molecule has 10 aromatic rings. The average Bonchev–Trinajstić information content (AvgIpc) is 3.88. The van der Waals surface area contributed by atoms with E-state index in [-0.39, 0.29) is 0 Å². The van der Waals surface area contributed by atoms with E-state index < -0.39 is 9.07 Å². The van der Waals surface area contributed by atoms with E-state index in [1.54, 1.807) is 0 Å². The molecule has 0 fully saturated rings. The maximum Gasteiger partial charge on any atom is 0.0548 e. The van der Waals surface area contributed by atoms with Crippen molar-refractivity contribution in [2.24, 2.45) is 0 Å². The van der Waals surface area contributed by atoms with Gasteiger partial charge >= 0.3 is 0 Å². The highest BCUT2D eigenvalue weighted by molar-refractivity contribution is 8.21. The normalized spacial score (nSPS) is 15.4. The molecule has 2 nitrogen and oxygen atoms in total. The zero-order valence-electron chi connectivity index (χ0n) is 27.9. The molecule has 2 aliphatic heterocycles. The SMILES string of the molecule is O=S12(c3ccccc3-c3ccccc31)c1ccccc1-c1cc(-c3ccc(-n4c5ccccc5c5cc6sc7ccccc7c6cc54)cc3)ccc12. The van der Waals surface area contributed by atoms with E-state index in [2.05, 4.69) is 162 Å². The number of fused-ring (bicyclic) bond motifs is 16. The van der Waals surface area contributed by atoms with Gasteiger partial charge in [0.25, 0.3) is 0 Å². The molecule has 1 spiro atoms. The van der Waals surface area contributed by atoms with Crippen LogP contribution in [0, 0.1) is 0 Å². The summed E-state index contributed by atoms with van der Waals surface area (Å²) in [5, 5.41) is 5.14. The fraction of sp³-hybridized carbons (Fsp3) is 0. The standard InChI is InChI=1S/C48H29NOS2/c50-52(45-18-8-3-13-35(45)36-14-4-9-19-46(36)52)47-20-10-5-15-37(47)40-27-31(23-26-48(40)52)30-21-24-32(25-22-30)49-41-16-6-1-11-33(41)38-29-44-39(28-42(38)49)34-12-2-7-17-43(34)51-44/h1-29H. The second-order valence-corrected chi connectivity index (χ2v) is 18.7. The Morgan fingerprint density at radius 2 is 0.942 bits per heavy atom. The number of para-hydroxylation sites is 1. The molecule has 0 bridgehead atoms. The maximum atomic E-state index is 16.6. The molecular weight excluding hydrogens is 671 g/mol. The van der Waals surface area contributed by atoms with Gasteiger partial charge in [0, 0.05) is 65.3 Å². The molecule has 52 heavy (non-hydrogen) atoms. The van der Waals surface area contributed by atoms with E-state index in [4.69, 9.17) is 0 Å². The molecule has 0 atom stereocenters. The molecule has 4 heterocycles. The number of nitrogens with zero attached hydrogens (tertiary/aromatic N) is 1. The minimum atomic E-state index is -3.83. The summed E-state index contributed by atoms with van der Waals surface area (Å²) in [4.78, 5) is 3.66. The van der Waals surface area contributed by atoms with E-state index in [1.807, 2.05) is 29.5 Å². The molecule has 0 unspecified atom stereocenters. The largest absolute Gasteiger partial charge is 0.309 e. The lowest BCUT2D eigenvalue weighted by Crippen LogP contribution is -2.29. The Bertz CT molecular complexity index is 3200. The molecule has 0 N–H and O–H groups in total. The van der Waals surface area contributed by atoms with Crippen LogP contribution in [0.25, 0.3) is 81.0 Å². The first kappa shape index (κ1) is 28.6.